The lowest BCUT2D eigenvalue weighted by Crippen LogP contribution is -2.31. The molecule has 0 bridgehead atoms. The molecular formula is C13H20O7S. The normalized spacial score (nSPS) is 22.4. The zero-order valence-electron chi connectivity index (χ0n) is 11.9. The summed E-state index contributed by atoms with van der Waals surface area (Å²) in [4.78, 5) is 23.2. The maximum absolute atomic E-state index is 11.8. The van der Waals surface area contributed by atoms with Crippen molar-refractivity contribution in [2.75, 3.05) is 12.4 Å². The second-order valence-electron chi connectivity index (χ2n) is 5.12. The summed E-state index contributed by atoms with van der Waals surface area (Å²) in [6.45, 7) is 4.65. The van der Waals surface area contributed by atoms with E-state index in [1.165, 1.54) is 0 Å². The number of carbonyl (C=O) groups is 2. The summed E-state index contributed by atoms with van der Waals surface area (Å²) in [7, 11) is -4.14. The smallest absolute Gasteiger partial charge is 0.333 e. The van der Waals surface area contributed by atoms with Crippen LogP contribution in [-0.4, -0.2) is 43.4 Å². The molecule has 21 heavy (non-hydrogen) atoms. The van der Waals surface area contributed by atoms with Crippen LogP contribution in [0.15, 0.2) is 12.2 Å². The third-order valence-corrected chi connectivity index (χ3v) is 3.85. The number of hydrogen-bond acceptors (Lipinski definition) is 6. The molecule has 8 heteroatoms. The van der Waals surface area contributed by atoms with Crippen LogP contribution < -0.4 is 0 Å². The Bertz CT molecular complexity index is 509. The first-order valence-electron chi connectivity index (χ1n) is 6.67. The summed E-state index contributed by atoms with van der Waals surface area (Å²) in [6.07, 6.45) is 1.98. The monoisotopic (exact) mass is 320 g/mol. The van der Waals surface area contributed by atoms with Crippen LogP contribution >= 0.6 is 0 Å². The second kappa shape index (κ2) is 7.56. The summed E-state index contributed by atoms with van der Waals surface area (Å²) in [6, 6.07) is 0. The molecule has 0 aromatic carbocycles. The molecule has 0 aromatic heterocycles. The lowest BCUT2D eigenvalue weighted by molar-refractivity contribution is -0.155. The number of carbonyl (C=O) groups excluding carboxylic acids is 2. The van der Waals surface area contributed by atoms with Crippen LogP contribution in [0, 0.1) is 5.92 Å². The van der Waals surface area contributed by atoms with E-state index >= 15 is 0 Å². The van der Waals surface area contributed by atoms with Crippen molar-refractivity contribution < 1.29 is 32.0 Å². The van der Waals surface area contributed by atoms with Crippen molar-refractivity contribution in [3.63, 3.8) is 0 Å². The van der Waals surface area contributed by atoms with Gasteiger partial charge in [0, 0.05) is 5.57 Å². The fourth-order valence-corrected chi connectivity index (χ4v) is 2.38. The van der Waals surface area contributed by atoms with Crippen molar-refractivity contribution >= 4 is 22.1 Å². The van der Waals surface area contributed by atoms with Gasteiger partial charge in [-0.25, -0.2) is 4.79 Å². The summed E-state index contributed by atoms with van der Waals surface area (Å²) in [5, 5.41) is 0. The van der Waals surface area contributed by atoms with Gasteiger partial charge in [-0.2, -0.15) is 8.42 Å². The number of rotatable bonds is 6. The van der Waals surface area contributed by atoms with Crippen molar-refractivity contribution in [2.24, 2.45) is 5.92 Å². The molecule has 0 saturated heterocycles. The number of hydrogen-bond donors (Lipinski definition) is 1. The standard InChI is InChI=1S/C13H20O7S/c1-9(2)12(14)20-11-5-3-4-10(8-11)13(15)19-6-7-21(16,17)18/h10-11H,1,3-8H2,2H3,(H,16,17,18). The van der Waals surface area contributed by atoms with E-state index < -0.39 is 33.7 Å². The van der Waals surface area contributed by atoms with Crippen molar-refractivity contribution in [1.82, 2.24) is 0 Å². The van der Waals surface area contributed by atoms with Gasteiger partial charge in [0.2, 0.25) is 0 Å². The molecule has 7 nitrogen and oxygen atoms in total. The minimum atomic E-state index is -4.14. The fraction of sp³-hybridized carbons (Fsp3) is 0.692. The van der Waals surface area contributed by atoms with Crippen LogP contribution in [0.2, 0.25) is 0 Å². The summed E-state index contributed by atoms with van der Waals surface area (Å²) < 4.78 is 39.6. The summed E-state index contributed by atoms with van der Waals surface area (Å²) >= 11 is 0. The quantitative estimate of drug-likeness (QED) is 0.443. The predicted octanol–water partition coefficient (Wildman–Crippen LogP) is 1.10. The molecule has 0 heterocycles. The Morgan fingerprint density at radius 3 is 2.57 bits per heavy atom. The minimum Gasteiger partial charge on any atom is -0.464 e. The van der Waals surface area contributed by atoms with Crippen LogP contribution in [0.1, 0.15) is 32.6 Å². The molecule has 2 atom stereocenters. The maximum atomic E-state index is 11.8. The van der Waals surface area contributed by atoms with E-state index in [1.807, 2.05) is 0 Å². The third kappa shape index (κ3) is 6.72. The zero-order valence-corrected chi connectivity index (χ0v) is 12.7. The van der Waals surface area contributed by atoms with Crippen LogP contribution in [0.3, 0.4) is 0 Å². The lowest BCUT2D eigenvalue weighted by Gasteiger charge is -2.27. The van der Waals surface area contributed by atoms with Crippen molar-refractivity contribution in [3.8, 4) is 0 Å². The first-order valence-corrected chi connectivity index (χ1v) is 8.28. The maximum Gasteiger partial charge on any atom is 0.333 e. The van der Waals surface area contributed by atoms with E-state index in [-0.39, 0.29) is 12.7 Å². The van der Waals surface area contributed by atoms with Gasteiger partial charge in [0.05, 0.1) is 5.92 Å². The van der Waals surface area contributed by atoms with Gasteiger partial charge in [0.25, 0.3) is 10.1 Å². The Hall–Kier alpha value is -1.41. The molecule has 1 N–H and O–H groups in total. The second-order valence-corrected chi connectivity index (χ2v) is 6.70. The highest BCUT2D eigenvalue weighted by molar-refractivity contribution is 7.85. The summed E-state index contributed by atoms with van der Waals surface area (Å²) in [5.74, 6) is -2.07. The van der Waals surface area contributed by atoms with Gasteiger partial charge in [-0.3, -0.25) is 9.35 Å². The highest BCUT2D eigenvalue weighted by Gasteiger charge is 2.30. The van der Waals surface area contributed by atoms with Gasteiger partial charge in [-0.15, -0.1) is 0 Å². The predicted molar refractivity (Wildman–Crippen MR) is 74.0 cm³/mol. The van der Waals surface area contributed by atoms with Gasteiger partial charge < -0.3 is 9.47 Å². The largest absolute Gasteiger partial charge is 0.464 e. The molecule has 1 aliphatic carbocycles. The molecule has 1 rings (SSSR count). The van der Waals surface area contributed by atoms with Gasteiger partial charge in [0.1, 0.15) is 18.5 Å². The molecular weight excluding hydrogens is 300 g/mol. The van der Waals surface area contributed by atoms with E-state index in [1.54, 1.807) is 6.92 Å². The lowest BCUT2D eigenvalue weighted by atomic mass is 9.87. The van der Waals surface area contributed by atoms with E-state index in [2.05, 4.69) is 6.58 Å². The highest BCUT2D eigenvalue weighted by Crippen LogP contribution is 2.27. The molecule has 2 unspecified atom stereocenters. The van der Waals surface area contributed by atoms with E-state index in [0.717, 1.165) is 0 Å². The Kier molecular flexibility index (Phi) is 6.35. The minimum absolute atomic E-state index is 0.299. The van der Waals surface area contributed by atoms with Crippen molar-refractivity contribution in [3.05, 3.63) is 12.2 Å². The summed E-state index contributed by atoms with van der Waals surface area (Å²) in [5.41, 5.74) is 0.299. The molecule has 0 spiro atoms. The average molecular weight is 320 g/mol. The van der Waals surface area contributed by atoms with Gasteiger partial charge in [-0.05, 0) is 32.6 Å². The zero-order chi connectivity index (χ0) is 16.0. The van der Waals surface area contributed by atoms with Gasteiger partial charge in [-0.1, -0.05) is 6.58 Å². The Labute approximate surface area is 124 Å². The van der Waals surface area contributed by atoms with Crippen molar-refractivity contribution in [1.29, 1.82) is 0 Å². The van der Waals surface area contributed by atoms with E-state index in [4.69, 9.17) is 14.0 Å². The Balaban J connectivity index is 2.42. The average Bonchev–Trinajstić information content (AvgIpc) is 2.37. The molecule has 120 valence electrons. The number of ether oxygens (including phenoxy) is 2. The SMILES string of the molecule is C=C(C)C(=O)OC1CCCC(C(=O)OCCS(=O)(=O)O)C1. The van der Waals surface area contributed by atoms with Crippen LogP contribution in [0.5, 0.6) is 0 Å². The number of esters is 2. The van der Waals surface area contributed by atoms with Crippen LogP contribution in [-0.2, 0) is 29.2 Å². The van der Waals surface area contributed by atoms with E-state index in [9.17, 15) is 18.0 Å². The molecule has 0 aromatic rings. The Morgan fingerprint density at radius 2 is 2.00 bits per heavy atom. The topological polar surface area (TPSA) is 107 Å². The third-order valence-electron chi connectivity index (χ3n) is 3.17. The van der Waals surface area contributed by atoms with Crippen molar-refractivity contribution in [2.45, 2.75) is 38.7 Å². The molecule has 1 saturated carbocycles. The molecule has 0 aliphatic heterocycles. The van der Waals surface area contributed by atoms with Gasteiger partial charge >= 0.3 is 11.9 Å². The van der Waals surface area contributed by atoms with Crippen LogP contribution in [0.25, 0.3) is 0 Å². The highest BCUT2D eigenvalue weighted by atomic mass is 32.2. The molecule has 1 fully saturated rings. The molecule has 0 amide bonds. The van der Waals surface area contributed by atoms with E-state index in [0.29, 0.717) is 31.3 Å². The van der Waals surface area contributed by atoms with Crippen LogP contribution in [0.4, 0.5) is 0 Å². The van der Waals surface area contributed by atoms with Gasteiger partial charge in [0.15, 0.2) is 0 Å². The first kappa shape index (κ1) is 17.6. The fourth-order valence-electron chi connectivity index (χ4n) is 2.08. The molecule has 1 aliphatic rings. The Morgan fingerprint density at radius 1 is 1.33 bits per heavy atom. The molecule has 0 radical (unpaired) electrons. The first-order chi connectivity index (χ1) is 9.69.